The summed E-state index contributed by atoms with van der Waals surface area (Å²) in [6.45, 7) is 1.43. The number of anilines is 1. The van der Waals surface area contributed by atoms with Crippen LogP contribution in [0.25, 0.3) is 0 Å². The van der Waals surface area contributed by atoms with Crippen molar-refractivity contribution in [3.63, 3.8) is 0 Å². The summed E-state index contributed by atoms with van der Waals surface area (Å²) in [5.41, 5.74) is 0.849. The molecule has 1 aromatic rings. The molecule has 0 fully saturated rings. The predicted molar refractivity (Wildman–Crippen MR) is 70.2 cm³/mol. The molecule has 0 unspecified atom stereocenters. The average molecular weight is 329 g/mol. The first-order chi connectivity index (χ1) is 9.25. The Morgan fingerprint density at radius 3 is 2.80 bits per heavy atom. The van der Waals surface area contributed by atoms with Gasteiger partial charge in [-0.05, 0) is 6.42 Å². The molecule has 10 heteroatoms. The number of hydrogen-bond donors (Lipinski definition) is 2. The number of fused-ring (bicyclic) bond motifs is 1. The van der Waals surface area contributed by atoms with Crippen molar-refractivity contribution in [3.8, 4) is 0 Å². The van der Waals surface area contributed by atoms with Gasteiger partial charge in [0.15, 0.2) is 5.13 Å². The highest BCUT2D eigenvalue weighted by Gasteiger charge is 2.27. The van der Waals surface area contributed by atoms with E-state index in [1.54, 1.807) is 0 Å². The number of aromatic nitrogens is 1. The normalized spacial score (nSPS) is 15.9. The molecule has 0 aromatic carbocycles. The summed E-state index contributed by atoms with van der Waals surface area (Å²) in [4.78, 5) is 5.12. The molecule has 114 valence electrons. The minimum absolute atomic E-state index is 0.228. The van der Waals surface area contributed by atoms with Crippen molar-refractivity contribution in [1.82, 2.24) is 10.3 Å². The molecule has 0 saturated heterocycles. The third kappa shape index (κ3) is 4.60. The van der Waals surface area contributed by atoms with Gasteiger partial charge in [0.25, 0.3) is 0 Å². The molecule has 1 aliphatic rings. The lowest BCUT2D eigenvalue weighted by Gasteiger charge is -2.09. The Balaban J connectivity index is 1.92. The fourth-order valence-electron chi connectivity index (χ4n) is 1.82. The minimum atomic E-state index is -4.33. The summed E-state index contributed by atoms with van der Waals surface area (Å²) >= 11 is 1.22. The van der Waals surface area contributed by atoms with Crippen molar-refractivity contribution in [1.29, 1.82) is 0 Å². The first kappa shape index (κ1) is 15.5. The highest BCUT2D eigenvalue weighted by molar-refractivity contribution is 7.92. The molecular weight excluding hydrogens is 315 g/mol. The van der Waals surface area contributed by atoms with E-state index in [2.05, 4.69) is 15.0 Å². The van der Waals surface area contributed by atoms with Crippen LogP contribution in [-0.4, -0.2) is 31.9 Å². The third-order valence-corrected chi connectivity index (χ3v) is 5.19. The van der Waals surface area contributed by atoms with Crippen LogP contribution < -0.4 is 10.0 Å². The van der Waals surface area contributed by atoms with E-state index in [1.165, 1.54) is 11.3 Å². The van der Waals surface area contributed by atoms with Gasteiger partial charge in [-0.2, -0.15) is 13.2 Å². The van der Waals surface area contributed by atoms with Gasteiger partial charge >= 0.3 is 6.18 Å². The molecule has 0 amide bonds. The number of halogens is 3. The number of thiazole rings is 1. The highest BCUT2D eigenvalue weighted by Crippen LogP contribution is 2.26. The molecule has 1 aromatic heterocycles. The van der Waals surface area contributed by atoms with Crippen LogP contribution in [0, 0.1) is 0 Å². The number of rotatable bonds is 5. The first-order valence-corrected chi connectivity index (χ1v) is 8.49. The fraction of sp³-hybridized carbons (Fsp3) is 0.700. The Labute approximate surface area is 118 Å². The topological polar surface area (TPSA) is 71.1 Å². The smallest absolute Gasteiger partial charge is 0.311 e. The van der Waals surface area contributed by atoms with E-state index < -0.39 is 34.8 Å². The lowest BCUT2D eigenvalue weighted by Crippen LogP contribution is -2.22. The molecule has 0 bridgehead atoms. The van der Waals surface area contributed by atoms with Gasteiger partial charge in [-0.25, -0.2) is 13.4 Å². The lowest BCUT2D eigenvalue weighted by atomic mass is 10.2. The van der Waals surface area contributed by atoms with Crippen molar-refractivity contribution >= 4 is 26.5 Å². The zero-order chi connectivity index (χ0) is 14.8. The van der Waals surface area contributed by atoms with Crippen LogP contribution in [0.15, 0.2) is 0 Å². The van der Waals surface area contributed by atoms with E-state index in [0.717, 1.165) is 23.5 Å². The van der Waals surface area contributed by atoms with Crippen molar-refractivity contribution in [3.05, 3.63) is 10.6 Å². The summed E-state index contributed by atoms with van der Waals surface area (Å²) in [5.74, 6) is -0.561. The van der Waals surface area contributed by atoms with Gasteiger partial charge in [-0.1, -0.05) is 11.3 Å². The van der Waals surface area contributed by atoms with Crippen LogP contribution in [0.3, 0.4) is 0 Å². The summed E-state index contributed by atoms with van der Waals surface area (Å²) in [7, 11) is -3.78. The molecule has 0 aliphatic carbocycles. The summed E-state index contributed by atoms with van der Waals surface area (Å²) in [6, 6.07) is 0. The van der Waals surface area contributed by atoms with E-state index in [1.807, 2.05) is 0 Å². The molecule has 0 saturated carbocycles. The monoisotopic (exact) mass is 329 g/mol. The molecule has 5 nitrogen and oxygen atoms in total. The number of nitrogens with zero attached hydrogens (tertiary/aromatic N) is 1. The van der Waals surface area contributed by atoms with Crippen LogP contribution in [0.1, 0.15) is 23.4 Å². The van der Waals surface area contributed by atoms with E-state index in [0.29, 0.717) is 6.54 Å². The lowest BCUT2D eigenvalue weighted by molar-refractivity contribution is -0.134. The molecule has 2 rings (SSSR count). The maximum Gasteiger partial charge on any atom is 0.389 e. The van der Waals surface area contributed by atoms with Gasteiger partial charge in [0.05, 0.1) is 11.4 Å². The Morgan fingerprint density at radius 2 is 2.15 bits per heavy atom. The highest BCUT2D eigenvalue weighted by atomic mass is 32.2. The number of sulfonamides is 1. The Hall–Kier alpha value is -0.870. The first-order valence-electron chi connectivity index (χ1n) is 6.02. The second kappa shape index (κ2) is 5.86. The van der Waals surface area contributed by atoms with E-state index in [-0.39, 0.29) is 5.13 Å². The third-order valence-electron chi connectivity index (χ3n) is 2.72. The molecule has 0 spiro atoms. The Morgan fingerprint density at radius 1 is 1.40 bits per heavy atom. The molecule has 2 N–H and O–H groups in total. The molecule has 0 radical (unpaired) electrons. The SMILES string of the molecule is O=S(=O)(CCCC(F)(F)F)Nc1nc2c(s1)CNCC2. The number of alkyl halides is 3. The van der Waals surface area contributed by atoms with Gasteiger partial charge in [-0.15, -0.1) is 0 Å². The van der Waals surface area contributed by atoms with E-state index >= 15 is 0 Å². The maximum atomic E-state index is 12.0. The largest absolute Gasteiger partial charge is 0.389 e. The Bertz CT molecular complexity index is 545. The van der Waals surface area contributed by atoms with Crippen molar-refractivity contribution in [2.45, 2.75) is 32.0 Å². The summed E-state index contributed by atoms with van der Waals surface area (Å²) in [5, 5.41) is 3.36. The van der Waals surface area contributed by atoms with Crippen LogP contribution in [-0.2, 0) is 23.0 Å². The van der Waals surface area contributed by atoms with Crippen molar-refractivity contribution in [2.75, 3.05) is 17.0 Å². The van der Waals surface area contributed by atoms with Crippen LogP contribution in [0.5, 0.6) is 0 Å². The Kier molecular flexibility index (Phi) is 4.55. The van der Waals surface area contributed by atoms with Crippen LogP contribution in [0.4, 0.5) is 18.3 Å². The van der Waals surface area contributed by atoms with Crippen LogP contribution >= 0.6 is 11.3 Å². The molecular formula is C10H14F3N3O2S2. The standard InChI is InChI=1S/C10H14F3N3O2S2/c11-10(12,13)3-1-5-20(17,18)16-9-15-7-2-4-14-6-8(7)19-9/h14H,1-6H2,(H,15,16). The van der Waals surface area contributed by atoms with Crippen molar-refractivity contribution in [2.24, 2.45) is 0 Å². The van der Waals surface area contributed by atoms with Gasteiger partial charge in [-0.3, -0.25) is 4.72 Å². The minimum Gasteiger partial charge on any atom is -0.311 e. The quantitative estimate of drug-likeness (QED) is 0.865. The summed E-state index contributed by atoms with van der Waals surface area (Å²) < 4.78 is 61.5. The van der Waals surface area contributed by atoms with Gasteiger partial charge < -0.3 is 5.32 Å². The predicted octanol–water partition coefficient (Wildman–Crippen LogP) is 1.87. The van der Waals surface area contributed by atoms with Gasteiger partial charge in [0.1, 0.15) is 0 Å². The molecule has 0 atom stereocenters. The number of nitrogens with one attached hydrogen (secondary N) is 2. The van der Waals surface area contributed by atoms with E-state index in [4.69, 9.17) is 0 Å². The zero-order valence-corrected chi connectivity index (χ0v) is 12.1. The average Bonchev–Trinajstić information content (AvgIpc) is 2.67. The van der Waals surface area contributed by atoms with E-state index in [9.17, 15) is 21.6 Å². The van der Waals surface area contributed by atoms with Crippen LogP contribution in [0.2, 0.25) is 0 Å². The number of hydrogen-bond acceptors (Lipinski definition) is 5. The molecule has 1 aliphatic heterocycles. The summed E-state index contributed by atoms with van der Waals surface area (Å²) in [6.07, 6.45) is -5.17. The second-order valence-corrected chi connectivity index (χ2v) is 7.38. The zero-order valence-electron chi connectivity index (χ0n) is 10.5. The molecule has 20 heavy (non-hydrogen) atoms. The van der Waals surface area contributed by atoms with Crippen molar-refractivity contribution < 1.29 is 21.6 Å². The van der Waals surface area contributed by atoms with Gasteiger partial charge in [0.2, 0.25) is 10.0 Å². The maximum absolute atomic E-state index is 12.0. The van der Waals surface area contributed by atoms with Gasteiger partial charge in [0, 0.05) is 30.8 Å². The fourth-order valence-corrected chi connectivity index (χ4v) is 4.13. The second-order valence-electron chi connectivity index (χ2n) is 4.46. The molecule has 2 heterocycles.